The van der Waals surface area contributed by atoms with Crippen LogP contribution in [0.15, 0.2) is 16.6 Å². The third-order valence-corrected chi connectivity index (χ3v) is 2.68. The molecule has 84 valence electrons. The van der Waals surface area contributed by atoms with E-state index in [-0.39, 0.29) is 19.0 Å². The highest BCUT2D eigenvalue weighted by Crippen LogP contribution is 2.15. The summed E-state index contributed by atoms with van der Waals surface area (Å²) >= 11 is 3.35. The summed E-state index contributed by atoms with van der Waals surface area (Å²) in [6.45, 7) is 2.29. The van der Waals surface area contributed by atoms with Gasteiger partial charge >= 0.3 is 0 Å². The Balaban J connectivity index is 2.46. The van der Waals surface area contributed by atoms with Crippen molar-refractivity contribution in [1.82, 2.24) is 10.3 Å². The van der Waals surface area contributed by atoms with E-state index in [1.165, 1.54) is 0 Å². The van der Waals surface area contributed by atoms with E-state index in [1.54, 1.807) is 6.07 Å². The molecule has 0 fully saturated rings. The standard InChI is InChI=1S/C11H12BrN3O/c1-3-6-13-11(16)7-14-10-5-4-9(12)8(2)15-10/h1,4-5H,6-7H2,2H3,(H,13,16)(H,14,15). The zero-order valence-corrected chi connectivity index (χ0v) is 10.5. The van der Waals surface area contributed by atoms with E-state index in [0.717, 1.165) is 10.2 Å². The van der Waals surface area contributed by atoms with Crippen LogP contribution in [-0.2, 0) is 4.79 Å². The van der Waals surface area contributed by atoms with E-state index in [9.17, 15) is 4.79 Å². The predicted octanol–water partition coefficient (Wildman–Crippen LogP) is 1.31. The third-order valence-electron chi connectivity index (χ3n) is 1.84. The first-order valence-corrected chi connectivity index (χ1v) is 5.50. The fourth-order valence-corrected chi connectivity index (χ4v) is 1.25. The predicted molar refractivity (Wildman–Crippen MR) is 67.0 cm³/mol. The molecule has 0 aliphatic heterocycles. The van der Waals surface area contributed by atoms with Crippen molar-refractivity contribution >= 4 is 27.7 Å². The van der Waals surface area contributed by atoms with E-state index >= 15 is 0 Å². The normalized spacial score (nSPS) is 9.31. The van der Waals surface area contributed by atoms with E-state index in [0.29, 0.717) is 5.82 Å². The summed E-state index contributed by atoms with van der Waals surface area (Å²) in [6, 6.07) is 3.68. The Morgan fingerprint density at radius 1 is 1.62 bits per heavy atom. The number of anilines is 1. The largest absolute Gasteiger partial charge is 0.361 e. The van der Waals surface area contributed by atoms with E-state index in [1.807, 2.05) is 13.0 Å². The fourth-order valence-electron chi connectivity index (χ4n) is 1.03. The number of halogens is 1. The number of nitrogens with zero attached hydrogens (tertiary/aromatic N) is 1. The number of nitrogens with one attached hydrogen (secondary N) is 2. The highest BCUT2D eigenvalue weighted by Gasteiger charge is 2.01. The summed E-state index contributed by atoms with van der Waals surface area (Å²) < 4.78 is 0.940. The molecular formula is C11H12BrN3O. The minimum atomic E-state index is -0.152. The Hall–Kier alpha value is -1.54. The number of carbonyl (C=O) groups excluding carboxylic acids is 1. The summed E-state index contributed by atoms with van der Waals surface area (Å²) in [5.41, 5.74) is 0.869. The molecule has 0 aromatic carbocycles. The van der Waals surface area contributed by atoms with Crippen LogP contribution in [0.4, 0.5) is 5.82 Å². The van der Waals surface area contributed by atoms with Gasteiger partial charge in [0.1, 0.15) is 5.82 Å². The van der Waals surface area contributed by atoms with Crippen LogP contribution in [0.25, 0.3) is 0 Å². The van der Waals surface area contributed by atoms with Crippen LogP contribution in [0.3, 0.4) is 0 Å². The van der Waals surface area contributed by atoms with Gasteiger partial charge in [-0.05, 0) is 35.0 Å². The Labute approximate surface area is 103 Å². The van der Waals surface area contributed by atoms with Gasteiger partial charge in [-0.25, -0.2) is 4.98 Å². The molecular weight excluding hydrogens is 270 g/mol. The molecule has 4 nitrogen and oxygen atoms in total. The molecule has 0 bridgehead atoms. The molecule has 0 atom stereocenters. The van der Waals surface area contributed by atoms with Crippen LogP contribution in [0.2, 0.25) is 0 Å². The average Bonchev–Trinajstić information content (AvgIpc) is 2.28. The summed E-state index contributed by atoms with van der Waals surface area (Å²) in [4.78, 5) is 15.5. The number of aryl methyl sites for hydroxylation is 1. The van der Waals surface area contributed by atoms with Crippen molar-refractivity contribution in [2.45, 2.75) is 6.92 Å². The van der Waals surface area contributed by atoms with Crippen molar-refractivity contribution in [1.29, 1.82) is 0 Å². The van der Waals surface area contributed by atoms with E-state index < -0.39 is 0 Å². The van der Waals surface area contributed by atoms with Gasteiger partial charge in [0.05, 0.1) is 18.8 Å². The highest BCUT2D eigenvalue weighted by molar-refractivity contribution is 9.10. The Bertz CT molecular complexity index is 426. The molecule has 1 aromatic rings. The fraction of sp³-hybridized carbons (Fsp3) is 0.273. The van der Waals surface area contributed by atoms with E-state index in [2.05, 4.69) is 37.5 Å². The number of hydrogen-bond donors (Lipinski definition) is 2. The molecule has 0 spiro atoms. The van der Waals surface area contributed by atoms with E-state index in [4.69, 9.17) is 6.42 Å². The Kier molecular flexibility index (Phi) is 4.80. The van der Waals surface area contributed by atoms with Gasteiger partial charge in [-0.3, -0.25) is 4.79 Å². The molecule has 1 heterocycles. The molecule has 5 heteroatoms. The maximum absolute atomic E-state index is 11.2. The summed E-state index contributed by atoms with van der Waals surface area (Å²) in [5, 5.41) is 5.46. The molecule has 0 saturated carbocycles. The molecule has 16 heavy (non-hydrogen) atoms. The van der Waals surface area contributed by atoms with Crippen molar-refractivity contribution in [3.63, 3.8) is 0 Å². The number of carbonyl (C=O) groups is 1. The monoisotopic (exact) mass is 281 g/mol. The molecule has 0 radical (unpaired) electrons. The van der Waals surface area contributed by atoms with Crippen LogP contribution in [0.5, 0.6) is 0 Å². The highest BCUT2D eigenvalue weighted by atomic mass is 79.9. The van der Waals surface area contributed by atoms with Gasteiger partial charge in [-0.15, -0.1) is 6.42 Å². The number of pyridine rings is 1. The Morgan fingerprint density at radius 3 is 3.00 bits per heavy atom. The molecule has 1 amide bonds. The topological polar surface area (TPSA) is 54.0 Å². The van der Waals surface area contributed by atoms with Gasteiger partial charge in [0.15, 0.2) is 0 Å². The van der Waals surface area contributed by atoms with Crippen molar-refractivity contribution < 1.29 is 4.79 Å². The van der Waals surface area contributed by atoms with Gasteiger partial charge in [0.2, 0.25) is 5.91 Å². The first-order chi connectivity index (χ1) is 7.63. The summed E-state index contributed by atoms with van der Waals surface area (Å²) in [7, 11) is 0. The van der Waals surface area contributed by atoms with Gasteiger partial charge < -0.3 is 10.6 Å². The third kappa shape index (κ3) is 3.91. The van der Waals surface area contributed by atoms with Crippen LogP contribution >= 0.6 is 15.9 Å². The second kappa shape index (κ2) is 6.13. The number of terminal acetylenes is 1. The maximum atomic E-state index is 11.2. The molecule has 1 rings (SSSR count). The van der Waals surface area contributed by atoms with Crippen molar-refractivity contribution in [3.8, 4) is 12.3 Å². The molecule has 0 saturated heterocycles. The lowest BCUT2D eigenvalue weighted by Gasteiger charge is -2.06. The number of hydrogen-bond acceptors (Lipinski definition) is 3. The lowest BCUT2D eigenvalue weighted by Crippen LogP contribution is -2.30. The summed E-state index contributed by atoms with van der Waals surface area (Å²) in [6.07, 6.45) is 5.02. The first-order valence-electron chi connectivity index (χ1n) is 4.70. The number of aromatic nitrogens is 1. The molecule has 0 aliphatic rings. The number of amides is 1. The zero-order valence-electron chi connectivity index (χ0n) is 8.88. The second-order valence-corrected chi connectivity index (χ2v) is 3.95. The smallest absolute Gasteiger partial charge is 0.240 e. The molecule has 0 unspecified atom stereocenters. The number of rotatable bonds is 4. The van der Waals surface area contributed by atoms with Crippen LogP contribution in [0.1, 0.15) is 5.69 Å². The van der Waals surface area contributed by atoms with Gasteiger partial charge in [-0.1, -0.05) is 5.92 Å². The van der Waals surface area contributed by atoms with Gasteiger partial charge in [-0.2, -0.15) is 0 Å². The summed E-state index contributed by atoms with van der Waals surface area (Å²) in [5.74, 6) is 2.84. The second-order valence-electron chi connectivity index (χ2n) is 3.10. The van der Waals surface area contributed by atoms with Gasteiger partial charge in [0, 0.05) is 4.47 Å². The minimum absolute atomic E-state index is 0.152. The average molecular weight is 282 g/mol. The van der Waals surface area contributed by atoms with Crippen molar-refractivity contribution in [3.05, 3.63) is 22.3 Å². The van der Waals surface area contributed by atoms with Crippen LogP contribution < -0.4 is 10.6 Å². The minimum Gasteiger partial charge on any atom is -0.361 e. The van der Waals surface area contributed by atoms with Crippen LogP contribution in [-0.4, -0.2) is 24.0 Å². The lowest BCUT2D eigenvalue weighted by molar-refractivity contribution is -0.119. The van der Waals surface area contributed by atoms with Gasteiger partial charge in [0.25, 0.3) is 0 Å². The molecule has 0 aliphatic carbocycles. The molecule has 1 aromatic heterocycles. The maximum Gasteiger partial charge on any atom is 0.240 e. The van der Waals surface area contributed by atoms with Crippen molar-refractivity contribution in [2.24, 2.45) is 0 Å². The van der Waals surface area contributed by atoms with Crippen molar-refractivity contribution in [2.75, 3.05) is 18.4 Å². The lowest BCUT2D eigenvalue weighted by atomic mass is 10.3. The molecule has 2 N–H and O–H groups in total. The zero-order chi connectivity index (χ0) is 12.0. The first kappa shape index (κ1) is 12.5. The SMILES string of the molecule is C#CCNC(=O)CNc1ccc(Br)c(C)n1. The van der Waals surface area contributed by atoms with Crippen LogP contribution in [0, 0.1) is 19.3 Å². The quantitative estimate of drug-likeness (QED) is 0.819. The Morgan fingerprint density at radius 2 is 2.38 bits per heavy atom.